The molecular formula is C24H16BrFN2O4. The van der Waals surface area contributed by atoms with Crippen molar-refractivity contribution in [2.75, 3.05) is 5.32 Å². The molecule has 160 valence electrons. The van der Waals surface area contributed by atoms with Crippen LogP contribution in [0.5, 0.6) is 0 Å². The fourth-order valence-corrected chi connectivity index (χ4v) is 3.54. The van der Waals surface area contributed by atoms with Gasteiger partial charge in [0, 0.05) is 21.8 Å². The van der Waals surface area contributed by atoms with Crippen LogP contribution in [-0.2, 0) is 9.59 Å². The molecule has 4 rings (SSSR count). The smallest absolute Gasteiger partial charge is 0.315 e. The molecule has 0 spiro atoms. The number of aromatic nitrogens is 1. The number of carboxylic acids is 1. The Labute approximate surface area is 190 Å². The Morgan fingerprint density at radius 2 is 1.88 bits per heavy atom. The maximum atomic E-state index is 14.9. The highest BCUT2D eigenvalue weighted by Gasteiger charge is 2.26. The van der Waals surface area contributed by atoms with Crippen molar-refractivity contribution in [2.45, 2.75) is 5.92 Å². The van der Waals surface area contributed by atoms with Gasteiger partial charge in [0.25, 0.3) is 0 Å². The molecule has 0 saturated heterocycles. The standard InChI is InChI=1S/C24H16BrFN2O4/c25-16-4-6-17(7-5-16)28-22(29)10-2-14-1-8-18(19(26)11-14)23(24(30)31)15-3-9-21-20(12-15)27-13-32-21/h1-13,23H,(H,28,29)(H,30,31). The van der Waals surface area contributed by atoms with Gasteiger partial charge in [-0.2, -0.15) is 0 Å². The van der Waals surface area contributed by atoms with Crippen molar-refractivity contribution in [2.24, 2.45) is 0 Å². The number of hydrogen-bond donors (Lipinski definition) is 2. The summed E-state index contributed by atoms with van der Waals surface area (Å²) in [5.74, 6) is -3.46. The van der Waals surface area contributed by atoms with Crippen LogP contribution in [0, 0.1) is 5.82 Å². The van der Waals surface area contributed by atoms with Crippen LogP contribution in [-0.4, -0.2) is 22.0 Å². The van der Waals surface area contributed by atoms with Gasteiger partial charge in [-0.3, -0.25) is 9.59 Å². The largest absolute Gasteiger partial charge is 0.481 e. The molecule has 0 bridgehead atoms. The highest BCUT2D eigenvalue weighted by atomic mass is 79.9. The van der Waals surface area contributed by atoms with E-state index in [0.717, 1.165) is 4.47 Å². The number of aliphatic carboxylic acids is 1. The highest BCUT2D eigenvalue weighted by molar-refractivity contribution is 9.10. The normalized spacial score (nSPS) is 12.2. The molecule has 1 atom stereocenters. The van der Waals surface area contributed by atoms with Gasteiger partial charge < -0.3 is 14.8 Å². The Hall–Kier alpha value is -3.78. The second kappa shape index (κ2) is 9.15. The van der Waals surface area contributed by atoms with Crippen LogP contribution >= 0.6 is 15.9 Å². The van der Waals surface area contributed by atoms with Crippen LogP contribution in [0.4, 0.5) is 10.1 Å². The molecule has 1 aromatic heterocycles. The van der Waals surface area contributed by atoms with Gasteiger partial charge in [-0.15, -0.1) is 0 Å². The number of halogens is 2. The van der Waals surface area contributed by atoms with Crippen molar-refractivity contribution < 1.29 is 23.5 Å². The minimum atomic E-state index is -1.21. The Morgan fingerprint density at radius 3 is 2.59 bits per heavy atom. The Balaban J connectivity index is 1.54. The van der Waals surface area contributed by atoms with E-state index in [1.54, 1.807) is 48.5 Å². The number of rotatable bonds is 6. The van der Waals surface area contributed by atoms with Crippen molar-refractivity contribution in [3.05, 3.63) is 100 Å². The zero-order valence-corrected chi connectivity index (χ0v) is 18.0. The first-order valence-corrected chi connectivity index (χ1v) is 10.3. The third-order valence-electron chi connectivity index (χ3n) is 4.81. The Morgan fingerprint density at radius 1 is 1.09 bits per heavy atom. The molecule has 0 aliphatic carbocycles. The molecule has 0 aliphatic heterocycles. The summed E-state index contributed by atoms with van der Waals surface area (Å²) in [5, 5.41) is 12.5. The van der Waals surface area contributed by atoms with E-state index in [2.05, 4.69) is 26.2 Å². The maximum Gasteiger partial charge on any atom is 0.315 e. The van der Waals surface area contributed by atoms with Gasteiger partial charge in [0.15, 0.2) is 12.0 Å². The summed E-state index contributed by atoms with van der Waals surface area (Å²) in [6.45, 7) is 0. The fraction of sp³-hybridized carbons (Fsp3) is 0.0417. The second-order valence-corrected chi connectivity index (χ2v) is 7.88. The van der Waals surface area contributed by atoms with Gasteiger partial charge in [-0.1, -0.05) is 34.1 Å². The third-order valence-corrected chi connectivity index (χ3v) is 5.34. The molecule has 1 unspecified atom stereocenters. The van der Waals surface area contributed by atoms with Gasteiger partial charge in [0.05, 0.1) is 0 Å². The van der Waals surface area contributed by atoms with E-state index in [-0.39, 0.29) is 11.5 Å². The number of benzene rings is 3. The van der Waals surface area contributed by atoms with E-state index < -0.39 is 17.7 Å². The first-order chi connectivity index (χ1) is 15.4. The Bertz CT molecular complexity index is 1330. The van der Waals surface area contributed by atoms with Crippen molar-refractivity contribution in [3.63, 3.8) is 0 Å². The van der Waals surface area contributed by atoms with Crippen molar-refractivity contribution in [1.82, 2.24) is 4.98 Å². The lowest BCUT2D eigenvalue weighted by Gasteiger charge is -2.14. The molecule has 8 heteroatoms. The number of nitrogens with one attached hydrogen (secondary N) is 1. The topological polar surface area (TPSA) is 92.4 Å². The summed E-state index contributed by atoms with van der Waals surface area (Å²) in [4.78, 5) is 28.1. The van der Waals surface area contributed by atoms with Crippen molar-refractivity contribution in [1.29, 1.82) is 0 Å². The van der Waals surface area contributed by atoms with Gasteiger partial charge in [-0.25, -0.2) is 9.37 Å². The lowest BCUT2D eigenvalue weighted by Crippen LogP contribution is -2.14. The minimum absolute atomic E-state index is 0.0109. The third kappa shape index (κ3) is 4.76. The number of carbonyl (C=O) groups is 2. The first-order valence-electron chi connectivity index (χ1n) is 9.51. The molecule has 4 aromatic rings. The van der Waals surface area contributed by atoms with Crippen molar-refractivity contribution in [3.8, 4) is 0 Å². The number of amides is 1. The molecule has 0 radical (unpaired) electrons. The van der Waals surface area contributed by atoms with E-state index in [4.69, 9.17) is 4.42 Å². The predicted octanol–water partition coefficient (Wildman–Crippen LogP) is 5.60. The number of carbonyl (C=O) groups excluding carboxylic acids is 1. The number of anilines is 1. The molecule has 32 heavy (non-hydrogen) atoms. The van der Waals surface area contributed by atoms with E-state index in [1.807, 2.05) is 0 Å². The maximum absolute atomic E-state index is 14.9. The summed E-state index contributed by atoms with van der Waals surface area (Å²) in [6, 6.07) is 16.0. The van der Waals surface area contributed by atoms with Crippen LogP contribution in [0.2, 0.25) is 0 Å². The average Bonchev–Trinajstić information content (AvgIpc) is 3.23. The van der Waals surface area contributed by atoms with E-state index in [1.165, 1.54) is 30.7 Å². The zero-order valence-electron chi connectivity index (χ0n) is 16.5. The van der Waals surface area contributed by atoms with Gasteiger partial charge in [-0.05, 0) is 59.7 Å². The van der Waals surface area contributed by atoms with Gasteiger partial charge >= 0.3 is 5.97 Å². The summed E-state index contributed by atoms with van der Waals surface area (Å²) >= 11 is 3.32. The molecular weight excluding hydrogens is 479 g/mol. The predicted molar refractivity (Wildman–Crippen MR) is 122 cm³/mol. The summed E-state index contributed by atoms with van der Waals surface area (Å²) in [7, 11) is 0. The monoisotopic (exact) mass is 494 g/mol. The van der Waals surface area contributed by atoms with Crippen LogP contribution in [0.15, 0.2) is 82.0 Å². The number of oxazole rings is 1. The summed E-state index contributed by atoms with van der Waals surface area (Å²) in [6.07, 6.45) is 4.00. The summed E-state index contributed by atoms with van der Waals surface area (Å²) in [5.41, 5.74) is 2.45. The molecule has 3 aromatic carbocycles. The van der Waals surface area contributed by atoms with Crippen LogP contribution in [0.3, 0.4) is 0 Å². The zero-order chi connectivity index (χ0) is 22.7. The molecule has 2 N–H and O–H groups in total. The fourth-order valence-electron chi connectivity index (χ4n) is 3.28. The second-order valence-electron chi connectivity index (χ2n) is 6.96. The number of hydrogen-bond acceptors (Lipinski definition) is 4. The van der Waals surface area contributed by atoms with E-state index in [9.17, 15) is 19.1 Å². The summed E-state index contributed by atoms with van der Waals surface area (Å²) < 4.78 is 20.9. The Kier molecular flexibility index (Phi) is 6.13. The molecule has 0 saturated carbocycles. The molecule has 1 heterocycles. The average molecular weight is 495 g/mol. The first kappa shape index (κ1) is 21.5. The lowest BCUT2D eigenvalue weighted by atomic mass is 9.90. The lowest BCUT2D eigenvalue weighted by molar-refractivity contribution is -0.137. The van der Waals surface area contributed by atoms with Gasteiger partial charge in [0.1, 0.15) is 17.3 Å². The molecule has 0 fully saturated rings. The van der Waals surface area contributed by atoms with E-state index >= 15 is 0 Å². The highest BCUT2D eigenvalue weighted by Crippen LogP contribution is 2.30. The van der Waals surface area contributed by atoms with Crippen LogP contribution < -0.4 is 5.32 Å². The number of fused-ring (bicyclic) bond motifs is 1. The molecule has 6 nitrogen and oxygen atoms in total. The number of carboxylic acid groups (broad SMARTS) is 1. The number of nitrogens with zero attached hydrogens (tertiary/aromatic N) is 1. The minimum Gasteiger partial charge on any atom is -0.481 e. The SMILES string of the molecule is O=C(C=Cc1ccc(C(C(=O)O)c2ccc3ocnc3c2)c(F)c1)Nc1ccc(Br)cc1. The van der Waals surface area contributed by atoms with Crippen LogP contribution in [0.1, 0.15) is 22.6 Å². The quantitative estimate of drug-likeness (QED) is 0.340. The van der Waals surface area contributed by atoms with Crippen LogP contribution in [0.25, 0.3) is 17.2 Å². The molecule has 0 aliphatic rings. The molecule has 1 amide bonds. The van der Waals surface area contributed by atoms with Gasteiger partial charge in [0.2, 0.25) is 5.91 Å². The van der Waals surface area contributed by atoms with E-state index in [0.29, 0.717) is 27.9 Å². The van der Waals surface area contributed by atoms with Crippen molar-refractivity contribution >= 4 is 50.7 Å².